The molecule has 35 heavy (non-hydrogen) atoms. The molecule has 1 N–H and O–H groups in total. The molecular weight excluding hydrogens is 523 g/mol. The number of halogens is 2. The summed E-state index contributed by atoms with van der Waals surface area (Å²) >= 11 is 13.8. The van der Waals surface area contributed by atoms with E-state index in [-0.39, 0.29) is 17.3 Å². The third-order valence-electron chi connectivity index (χ3n) is 5.38. The third kappa shape index (κ3) is 7.40. The van der Waals surface area contributed by atoms with Gasteiger partial charge in [0, 0.05) is 28.1 Å². The lowest BCUT2D eigenvalue weighted by Gasteiger charge is -2.26. The Kier molecular flexibility index (Phi) is 9.92. The maximum Gasteiger partial charge on any atom is 0.264 e. The summed E-state index contributed by atoms with van der Waals surface area (Å²) < 4.78 is 28.3. The van der Waals surface area contributed by atoms with Crippen molar-refractivity contribution in [1.82, 2.24) is 5.32 Å². The van der Waals surface area contributed by atoms with Crippen molar-refractivity contribution in [2.24, 2.45) is 0 Å². The van der Waals surface area contributed by atoms with E-state index in [9.17, 15) is 13.2 Å². The minimum absolute atomic E-state index is 0.150. The van der Waals surface area contributed by atoms with Crippen LogP contribution in [0.3, 0.4) is 0 Å². The average Bonchev–Trinajstić information content (AvgIpc) is 2.83. The summed E-state index contributed by atoms with van der Waals surface area (Å²) in [5.74, 6) is 0.974. The first kappa shape index (κ1) is 27.4. The molecule has 9 heteroatoms. The highest BCUT2D eigenvalue weighted by Gasteiger charge is 2.28. The van der Waals surface area contributed by atoms with Crippen molar-refractivity contribution in [2.75, 3.05) is 23.1 Å². The Labute approximate surface area is 221 Å². The van der Waals surface area contributed by atoms with Crippen LogP contribution in [0.1, 0.15) is 23.6 Å². The topological polar surface area (TPSA) is 66.5 Å². The normalized spacial score (nSPS) is 11.3. The van der Waals surface area contributed by atoms with Crippen molar-refractivity contribution >= 4 is 56.6 Å². The van der Waals surface area contributed by atoms with E-state index in [4.69, 9.17) is 23.2 Å². The average molecular weight is 552 g/mol. The summed E-state index contributed by atoms with van der Waals surface area (Å²) in [6.07, 6.45) is 0.640. The quantitative estimate of drug-likeness (QED) is 0.292. The molecule has 0 radical (unpaired) electrons. The van der Waals surface area contributed by atoms with Crippen LogP contribution in [0, 0.1) is 6.92 Å². The summed E-state index contributed by atoms with van der Waals surface area (Å²) in [5.41, 5.74) is 3.29. The fourth-order valence-electron chi connectivity index (χ4n) is 3.46. The number of anilines is 1. The van der Waals surface area contributed by atoms with Gasteiger partial charge in [-0.25, -0.2) is 8.42 Å². The number of hydrogen-bond donors (Lipinski definition) is 1. The molecule has 3 aromatic rings. The van der Waals surface area contributed by atoms with Gasteiger partial charge in [0.2, 0.25) is 5.91 Å². The van der Waals surface area contributed by atoms with Crippen LogP contribution >= 0.6 is 35.0 Å². The van der Waals surface area contributed by atoms with E-state index in [1.54, 1.807) is 60.3 Å². The Balaban J connectivity index is 1.68. The second-order valence-corrected chi connectivity index (χ2v) is 11.8. The van der Waals surface area contributed by atoms with Crippen molar-refractivity contribution in [3.05, 3.63) is 93.5 Å². The van der Waals surface area contributed by atoms with Gasteiger partial charge in [-0.3, -0.25) is 9.10 Å². The van der Waals surface area contributed by atoms with Gasteiger partial charge in [0.05, 0.1) is 10.6 Å². The van der Waals surface area contributed by atoms with E-state index in [1.165, 1.54) is 4.31 Å². The Bertz CT molecular complexity index is 1270. The molecule has 0 saturated carbocycles. The zero-order valence-electron chi connectivity index (χ0n) is 19.6. The van der Waals surface area contributed by atoms with Gasteiger partial charge in [0.1, 0.15) is 6.54 Å². The molecule has 0 heterocycles. The monoisotopic (exact) mass is 550 g/mol. The Hall–Kier alpha value is -2.19. The molecule has 0 aliphatic carbocycles. The number of benzene rings is 3. The number of hydrogen-bond acceptors (Lipinski definition) is 4. The number of carbonyl (C=O) groups excluding carboxylic acids is 1. The molecule has 0 aromatic heterocycles. The van der Waals surface area contributed by atoms with Crippen LogP contribution in [0.2, 0.25) is 10.0 Å². The predicted octanol–water partition coefficient (Wildman–Crippen LogP) is 6.11. The maximum atomic E-state index is 13.6. The van der Waals surface area contributed by atoms with E-state index >= 15 is 0 Å². The van der Waals surface area contributed by atoms with Crippen LogP contribution in [-0.4, -0.2) is 33.2 Å². The lowest BCUT2D eigenvalue weighted by Crippen LogP contribution is -2.41. The summed E-state index contributed by atoms with van der Waals surface area (Å²) in [6, 6.07) is 19.3. The molecule has 1 amide bonds. The minimum Gasteiger partial charge on any atom is -0.354 e. The van der Waals surface area contributed by atoms with Crippen LogP contribution in [0.15, 0.2) is 71.6 Å². The summed E-state index contributed by atoms with van der Waals surface area (Å²) in [4.78, 5) is 13.0. The van der Waals surface area contributed by atoms with Gasteiger partial charge in [-0.15, -0.1) is 0 Å². The van der Waals surface area contributed by atoms with Crippen LogP contribution < -0.4 is 9.62 Å². The van der Waals surface area contributed by atoms with Gasteiger partial charge in [-0.05, 0) is 54.8 Å². The maximum absolute atomic E-state index is 13.6. The van der Waals surface area contributed by atoms with Crippen molar-refractivity contribution in [2.45, 2.75) is 30.9 Å². The Morgan fingerprint density at radius 3 is 2.40 bits per heavy atom. The van der Waals surface area contributed by atoms with E-state index in [2.05, 4.69) is 5.32 Å². The number of aryl methyl sites for hydroxylation is 2. The van der Waals surface area contributed by atoms with Crippen molar-refractivity contribution in [3.63, 3.8) is 0 Å². The molecule has 0 aliphatic rings. The molecule has 0 bridgehead atoms. The number of nitrogens with one attached hydrogen (secondary N) is 1. The highest BCUT2D eigenvalue weighted by molar-refractivity contribution is 7.98. The summed E-state index contributed by atoms with van der Waals surface area (Å²) in [6.45, 7) is 3.95. The molecule has 5 nitrogen and oxygen atoms in total. The molecular formula is C26H28Cl2N2O3S2. The zero-order chi connectivity index (χ0) is 25.4. The van der Waals surface area contributed by atoms with Gasteiger partial charge in [0.25, 0.3) is 10.0 Å². The number of thioether (sulfide) groups is 1. The fraction of sp³-hybridized carbons (Fsp3) is 0.269. The van der Waals surface area contributed by atoms with E-state index < -0.39 is 10.0 Å². The molecule has 0 atom stereocenters. The van der Waals surface area contributed by atoms with Gasteiger partial charge < -0.3 is 5.32 Å². The van der Waals surface area contributed by atoms with Crippen molar-refractivity contribution in [3.8, 4) is 0 Å². The Morgan fingerprint density at radius 2 is 1.71 bits per heavy atom. The minimum atomic E-state index is -3.94. The lowest BCUT2D eigenvalue weighted by molar-refractivity contribution is -0.119. The molecule has 0 unspecified atom stereocenters. The van der Waals surface area contributed by atoms with E-state index in [1.807, 2.05) is 32.0 Å². The lowest BCUT2D eigenvalue weighted by atomic mass is 10.1. The van der Waals surface area contributed by atoms with Gasteiger partial charge in [0.15, 0.2) is 0 Å². The molecule has 0 aliphatic heterocycles. The number of nitrogens with zero attached hydrogens (tertiary/aromatic N) is 1. The van der Waals surface area contributed by atoms with Crippen LogP contribution in [0.4, 0.5) is 5.69 Å². The first-order chi connectivity index (χ1) is 16.7. The number of rotatable bonds is 11. The highest BCUT2D eigenvalue weighted by atomic mass is 35.5. The number of para-hydroxylation sites is 1. The SMILES string of the molecule is CCc1ccccc1N(CC(=O)NCCSCc1ccc(Cl)cc1Cl)S(=O)(=O)c1ccc(C)cc1. The molecule has 186 valence electrons. The zero-order valence-corrected chi connectivity index (χ0v) is 22.8. The summed E-state index contributed by atoms with van der Waals surface area (Å²) in [5, 5.41) is 4.04. The van der Waals surface area contributed by atoms with E-state index in [0.29, 0.717) is 40.2 Å². The number of amides is 1. The van der Waals surface area contributed by atoms with Crippen LogP contribution in [0.5, 0.6) is 0 Å². The molecule has 3 rings (SSSR count). The largest absolute Gasteiger partial charge is 0.354 e. The second-order valence-electron chi connectivity index (χ2n) is 7.95. The molecule has 0 spiro atoms. The summed E-state index contributed by atoms with van der Waals surface area (Å²) in [7, 11) is -3.94. The van der Waals surface area contributed by atoms with E-state index in [0.717, 1.165) is 16.7 Å². The smallest absolute Gasteiger partial charge is 0.264 e. The van der Waals surface area contributed by atoms with Crippen LogP contribution in [-0.2, 0) is 27.0 Å². The molecule has 3 aromatic carbocycles. The van der Waals surface area contributed by atoms with Crippen molar-refractivity contribution < 1.29 is 13.2 Å². The highest BCUT2D eigenvalue weighted by Crippen LogP contribution is 2.28. The number of sulfonamides is 1. The second kappa shape index (κ2) is 12.7. The fourth-order valence-corrected chi connectivity index (χ4v) is 6.34. The molecule has 0 saturated heterocycles. The van der Waals surface area contributed by atoms with Gasteiger partial charge >= 0.3 is 0 Å². The van der Waals surface area contributed by atoms with Crippen molar-refractivity contribution in [1.29, 1.82) is 0 Å². The van der Waals surface area contributed by atoms with Crippen LogP contribution in [0.25, 0.3) is 0 Å². The molecule has 0 fully saturated rings. The van der Waals surface area contributed by atoms with Gasteiger partial charge in [-0.2, -0.15) is 11.8 Å². The number of carbonyl (C=O) groups is 1. The standard InChI is InChI=1S/C26H28Cl2N2O3S2/c1-3-20-6-4-5-7-25(20)30(35(32,33)23-12-8-19(2)9-13-23)17-26(31)29-14-15-34-18-21-10-11-22(27)16-24(21)28/h4-13,16H,3,14-15,17-18H2,1-2H3,(H,29,31). The first-order valence-electron chi connectivity index (χ1n) is 11.2. The third-order valence-corrected chi connectivity index (χ3v) is 8.75. The predicted molar refractivity (Wildman–Crippen MR) is 147 cm³/mol. The first-order valence-corrected chi connectivity index (χ1v) is 14.5. The van der Waals surface area contributed by atoms with Gasteiger partial charge in [-0.1, -0.05) is 72.1 Å². The Morgan fingerprint density at radius 1 is 1.00 bits per heavy atom.